The first-order valence-electron chi connectivity index (χ1n) is 8.25. The number of benzene rings is 1. The lowest BCUT2D eigenvalue weighted by atomic mass is 9.98. The Kier molecular flexibility index (Phi) is 3.62. The molecule has 23 heavy (non-hydrogen) atoms. The number of hydrogen-bond acceptors (Lipinski definition) is 3. The van der Waals surface area contributed by atoms with Crippen molar-refractivity contribution in [2.75, 3.05) is 7.05 Å². The van der Waals surface area contributed by atoms with Crippen molar-refractivity contribution < 1.29 is 9.21 Å². The zero-order chi connectivity index (χ0) is 16.1. The number of rotatable bonds is 2. The zero-order valence-corrected chi connectivity index (χ0v) is 14.2. The third-order valence-corrected chi connectivity index (χ3v) is 5.72. The van der Waals surface area contributed by atoms with Crippen LogP contribution in [0.25, 0.3) is 11.0 Å². The molecule has 2 fully saturated rings. The Hall–Kier alpha value is -1.52. The van der Waals surface area contributed by atoms with Crippen LogP contribution in [-0.4, -0.2) is 36.0 Å². The molecule has 0 aliphatic carbocycles. The topological polar surface area (TPSA) is 45.5 Å². The summed E-state index contributed by atoms with van der Waals surface area (Å²) in [6, 6.07) is 7.01. The van der Waals surface area contributed by atoms with Gasteiger partial charge in [0, 0.05) is 36.1 Å². The number of nitrogens with one attached hydrogen (secondary N) is 1. The maximum Gasteiger partial charge on any atom is 0.289 e. The first kappa shape index (κ1) is 15.0. The number of halogens is 1. The normalized spacial score (nSPS) is 26.7. The Balaban J connectivity index is 1.64. The SMILES string of the molecule is Cc1c(C(=O)N(C)C2CC3CCC(C2)N3)oc2c(Cl)cccc12. The molecule has 0 spiro atoms. The van der Waals surface area contributed by atoms with Gasteiger partial charge in [0.05, 0.1) is 5.02 Å². The van der Waals surface area contributed by atoms with Crippen LogP contribution in [0.2, 0.25) is 5.02 Å². The van der Waals surface area contributed by atoms with Gasteiger partial charge in [-0.25, -0.2) is 0 Å². The van der Waals surface area contributed by atoms with Gasteiger partial charge in [0.15, 0.2) is 11.3 Å². The van der Waals surface area contributed by atoms with Crippen molar-refractivity contribution in [2.45, 2.75) is 50.7 Å². The summed E-state index contributed by atoms with van der Waals surface area (Å²) >= 11 is 6.19. The van der Waals surface area contributed by atoms with Crippen molar-refractivity contribution in [3.05, 3.63) is 34.5 Å². The lowest BCUT2D eigenvalue weighted by molar-refractivity contribution is 0.0651. The fourth-order valence-corrected chi connectivity index (χ4v) is 4.30. The quantitative estimate of drug-likeness (QED) is 0.911. The molecule has 4 nitrogen and oxygen atoms in total. The molecule has 0 saturated carbocycles. The standard InChI is InChI=1S/C18H21ClN2O2/c1-10-14-4-3-5-15(19)17(14)23-16(10)18(22)21(2)13-8-11-6-7-12(9-13)20-11/h3-5,11-13,20H,6-9H2,1-2H3. The van der Waals surface area contributed by atoms with Crippen molar-refractivity contribution in [3.63, 3.8) is 0 Å². The van der Waals surface area contributed by atoms with E-state index in [1.54, 1.807) is 6.07 Å². The molecule has 2 bridgehead atoms. The molecule has 2 aliphatic heterocycles. The maximum atomic E-state index is 12.9. The van der Waals surface area contributed by atoms with Crippen LogP contribution in [0.15, 0.2) is 22.6 Å². The summed E-state index contributed by atoms with van der Waals surface area (Å²) in [5.41, 5.74) is 1.48. The molecule has 2 aromatic rings. The number of piperidine rings is 1. The molecular weight excluding hydrogens is 312 g/mol. The summed E-state index contributed by atoms with van der Waals surface area (Å²) in [6.45, 7) is 1.93. The molecule has 1 aromatic heterocycles. The molecule has 1 aromatic carbocycles. The summed E-state index contributed by atoms with van der Waals surface area (Å²) < 4.78 is 5.83. The molecule has 1 N–H and O–H groups in total. The lowest BCUT2D eigenvalue weighted by Crippen LogP contribution is -2.48. The van der Waals surface area contributed by atoms with E-state index in [0.717, 1.165) is 23.8 Å². The van der Waals surface area contributed by atoms with Crippen LogP contribution in [0, 0.1) is 6.92 Å². The summed E-state index contributed by atoms with van der Waals surface area (Å²) in [5, 5.41) is 5.08. The Morgan fingerprint density at radius 3 is 2.65 bits per heavy atom. The Labute approximate surface area is 140 Å². The van der Waals surface area contributed by atoms with Gasteiger partial charge in [0.1, 0.15) is 0 Å². The highest BCUT2D eigenvalue weighted by Gasteiger charge is 2.37. The second kappa shape index (κ2) is 5.53. The number of carbonyl (C=O) groups excluding carboxylic acids is 1. The third-order valence-electron chi connectivity index (χ3n) is 5.43. The zero-order valence-electron chi connectivity index (χ0n) is 13.4. The maximum absolute atomic E-state index is 12.9. The van der Waals surface area contributed by atoms with Crippen molar-refractivity contribution in [2.24, 2.45) is 0 Å². The minimum Gasteiger partial charge on any atom is -0.449 e. The van der Waals surface area contributed by atoms with Crippen LogP contribution >= 0.6 is 11.6 Å². The largest absolute Gasteiger partial charge is 0.449 e. The highest BCUT2D eigenvalue weighted by Crippen LogP contribution is 2.33. The number of para-hydroxylation sites is 1. The Morgan fingerprint density at radius 2 is 2.00 bits per heavy atom. The minimum atomic E-state index is -0.0407. The molecule has 5 heteroatoms. The molecule has 3 heterocycles. The fourth-order valence-electron chi connectivity index (χ4n) is 4.08. The third kappa shape index (κ3) is 2.45. The second-order valence-corrected chi connectivity index (χ2v) is 7.26. The van der Waals surface area contributed by atoms with Gasteiger partial charge in [-0.3, -0.25) is 4.79 Å². The second-order valence-electron chi connectivity index (χ2n) is 6.85. The molecule has 2 saturated heterocycles. The Bertz CT molecular complexity index is 758. The number of carbonyl (C=O) groups is 1. The number of furan rings is 1. The number of hydrogen-bond donors (Lipinski definition) is 1. The van der Waals surface area contributed by atoms with Crippen molar-refractivity contribution >= 4 is 28.5 Å². The fraction of sp³-hybridized carbons (Fsp3) is 0.500. The molecule has 1 amide bonds. The summed E-state index contributed by atoms with van der Waals surface area (Å²) in [6.07, 6.45) is 4.50. The predicted octanol–water partition coefficient (Wildman–Crippen LogP) is 3.75. The number of nitrogens with zero attached hydrogens (tertiary/aromatic N) is 1. The molecule has 2 aliphatic rings. The van der Waals surface area contributed by atoms with E-state index < -0.39 is 0 Å². The highest BCUT2D eigenvalue weighted by molar-refractivity contribution is 6.35. The summed E-state index contributed by atoms with van der Waals surface area (Å²) in [4.78, 5) is 14.8. The van der Waals surface area contributed by atoms with Gasteiger partial charge in [-0.15, -0.1) is 0 Å². The van der Waals surface area contributed by atoms with Gasteiger partial charge >= 0.3 is 0 Å². The minimum absolute atomic E-state index is 0.0407. The van der Waals surface area contributed by atoms with E-state index in [-0.39, 0.29) is 11.9 Å². The average molecular weight is 333 g/mol. The molecule has 122 valence electrons. The molecule has 0 radical (unpaired) electrons. The number of fused-ring (bicyclic) bond motifs is 3. The number of amides is 1. The average Bonchev–Trinajstić information content (AvgIpc) is 3.07. The van der Waals surface area contributed by atoms with E-state index in [1.165, 1.54) is 12.8 Å². The van der Waals surface area contributed by atoms with E-state index >= 15 is 0 Å². The Morgan fingerprint density at radius 1 is 1.30 bits per heavy atom. The van der Waals surface area contributed by atoms with E-state index in [0.29, 0.717) is 28.4 Å². The van der Waals surface area contributed by atoms with Gasteiger partial charge in [-0.1, -0.05) is 23.7 Å². The van der Waals surface area contributed by atoms with Crippen molar-refractivity contribution in [3.8, 4) is 0 Å². The van der Waals surface area contributed by atoms with Crippen LogP contribution in [-0.2, 0) is 0 Å². The van der Waals surface area contributed by atoms with E-state index in [1.807, 2.05) is 31.0 Å². The van der Waals surface area contributed by atoms with Gasteiger partial charge in [0.2, 0.25) is 0 Å². The number of aryl methyl sites for hydroxylation is 1. The first-order chi connectivity index (χ1) is 11.0. The van der Waals surface area contributed by atoms with Crippen LogP contribution < -0.4 is 5.32 Å². The van der Waals surface area contributed by atoms with E-state index in [2.05, 4.69) is 5.32 Å². The predicted molar refractivity (Wildman–Crippen MR) is 91.0 cm³/mol. The molecular formula is C18H21ClN2O2. The van der Waals surface area contributed by atoms with Crippen molar-refractivity contribution in [1.29, 1.82) is 0 Å². The van der Waals surface area contributed by atoms with E-state index in [9.17, 15) is 4.79 Å². The van der Waals surface area contributed by atoms with Gasteiger partial charge in [-0.2, -0.15) is 0 Å². The first-order valence-corrected chi connectivity index (χ1v) is 8.63. The van der Waals surface area contributed by atoms with Crippen LogP contribution in [0.5, 0.6) is 0 Å². The monoisotopic (exact) mass is 332 g/mol. The summed E-state index contributed by atoms with van der Waals surface area (Å²) in [7, 11) is 1.89. The summed E-state index contributed by atoms with van der Waals surface area (Å²) in [5.74, 6) is 0.377. The van der Waals surface area contributed by atoms with Gasteiger partial charge < -0.3 is 14.6 Å². The lowest BCUT2D eigenvalue weighted by Gasteiger charge is -2.35. The van der Waals surface area contributed by atoms with E-state index in [4.69, 9.17) is 16.0 Å². The molecule has 2 atom stereocenters. The highest BCUT2D eigenvalue weighted by atomic mass is 35.5. The molecule has 2 unspecified atom stereocenters. The van der Waals surface area contributed by atoms with Gasteiger partial charge in [0.25, 0.3) is 5.91 Å². The van der Waals surface area contributed by atoms with Crippen molar-refractivity contribution in [1.82, 2.24) is 10.2 Å². The molecule has 4 rings (SSSR count). The van der Waals surface area contributed by atoms with Crippen LogP contribution in [0.1, 0.15) is 41.8 Å². The van der Waals surface area contributed by atoms with Crippen LogP contribution in [0.3, 0.4) is 0 Å². The van der Waals surface area contributed by atoms with Crippen LogP contribution in [0.4, 0.5) is 0 Å². The van der Waals surface area contributed by atoms with Gasteiger partial charge in [-0.05, 0) is 38.7 Å². The smallest absolute Gasteiger partial charge is 0.289 e.